The van der Waals surface area contributed by atoms with Gasteiger partial charge in [-0.1, -0.05) is 0 Å². The number of nitrogens with two attached hydrogens (primary N) is 1. The van der Waals surface area contributed by atoms with E-state index >= 15 is 0 Å². The van der Waals surface area contributed by atoms with Crippen LogP contribution in [0, 0.1) is 5.41 Å². The Morgan fingerprint density at radius 1 is 1.60 bits per heavy atom. The highest BCUT2D eigenvalue weighted by molar-refractivity contribution is 5.45. The molecule has 1 aliphatic carbocycles. The lowest BCUT2D eigenvalue weighted by Gasteiger charge is -2.14. The number of aromatic nitrogens is 1. The van der Waals surface area contributed by atoms with E-state index < -0.39 is 0 Å². The molecule has 0 radical (unpaired) electrons. The van der Waals surface area contributed by atoms with Gasteiger partial charge in [0.25, 0.3) is 0 Å². The number of hydrogen-bond acceptors (Lipinski definition) is 4. The van der Waals surface area contributed by atoms with Crippen molar-refractivity contribution in [1.29, 1.82) is 0 Å². The maximum absolute atomic E-state index is 5.71. The zero-order chi connectivity index (χ0) is 10.7. The van der Waals surface area contributed by atoms with Gasteiger partial charge in [-0.2, -0.15) is 0 Å². The number of nitrogens with zero attached hydrogens (tertiary/aromatic N) is 1. The predicted octanol–water partition coefficient (Wildman–Crippen LogP) is 1.24. The first-order valence-corrected chi connectivity index (χ1v) is 5.22. The van der Waals surface area contributed by atoms with Crippen molar-refractivity contribution in [2.45, 2.75) is 12.8 Å². The number of rotatable bonds is 5. The molecule has 4 nitrogen and oxygen atoms in total. The Morgan fingerprint density at radius 2 is 2.40 bits per heavy atom. The Kier molecular flexibility index (Phi) is 2.77. The van der Waals surface area contributed by atoms with Crippen LogP contribution in [0.15, 0.2) is 18.3 Å². The summed E-state index contributed by atoms with van der Waals surface area (Å²) in [6, 6.07) is 3.84. The van der Waals surface area contributed by atoms with Crippen LogP contribution in [0.4, 0.5) is 5.69 Å². The normalized spacial score (nSPS) is 17.2. The molecule has 2 rings (SSSR count). The van der Waals surface area contributed by atoms with Crippen molar-refractivity contribution in [3.8, 4) is 5.88 Å². The fraction of sp³-hybridized carbons (Fsp3) is 0.545. The minimum Gasteiger partial charge on any atom is -0.481 e. The molecule has 15 heavy (non-hydrogen) atoms. The van der Waals surface area contributed by atoms with E-state index in [4.69, 9.17) is 10.5 Å². The fourth-order valence-electron chi connectivity index (χ4n) is 1.55. The van der Waals surface area contributed by atoms with Gasteiger partial charge in [0.2, 0.25) is 5.88 Å². The summed E-state index contributed by atoms with van der Waals surface area (Å²) in [4.78, 5) is 4.05. The first kappa shape index (κ1) is 10.2. The molecule has 0 bridgehead atoms. The van der Waals surface area contributed by atoms with E-state index in [1.54, 1.807) is 13.3 Å². The Bertz CT molecular complexity index is 336. The lowest BCUT2D eigenvalue weighted by Crippen LogP contribution is -2.24. The molecule has 1 aromatic heterocycles. The molecule has 0 atom stereocenters. The van der Waals surface area contributed by atoms with E-state index in [9.17, 15) is 0 Å². The molecular formula is C11H17N3O. The standard InChI is InChI=1S/C11H17N3O/c1-15-10-6-9(2-5-13-10)14-8-11(7-12)3-4-11/h2,5-6H,3-4,7-8,12H2,1H3,(H,13,14). The number of pyridine rings is 1. The molecule has 4 heteroatoms. The van der Waals surface area contributed by atoms with Gasteiger partial charge in [0.15, 0.2) is 0 Å². The van der Waals surface area contributed by atoms with Crippen molar-refractivity contribution in [3.05, 3.63) is 18.3 Å². The van der Waals surface area contributed by atoms with Crippen LogP contribution in [0.5, 0.6) is 5.88 Å². The van der Waals surface area contributed by atoms with Crippen LogP contribution in [0.2, 0.25) is 0 Å². The fourth-order valence-corrected chi connectivity index (χ4v) is 1.55. The molecule has 0 spiro atoms. The lowest BCUT2D eigenvalue weighted by atomic mass is 10.1. The topological polar surface area (TPSA) is 60.2 Å². The minimum absolute atomic E-state index is 0.344. The molecule has 3 N–H and O–H groups in total. The largest absolute Gasteiger partial charge is 0.481 e. The van der Waals surface area contributed by atoms with Gasteiger partial charge >= 0.3 is 0 Å². The van der Waals surface area contributed by atoms with Crippen LogP contribution < -0.4 is 15.8 Å². The van der Waals surface area contributed by atoms with Gasteiger partial charge in [-0.05, 0) is 30.9 Å². The molecule has 1 fully saturated rings. The summed E-state index contributed by atoms with van der Waals surface area (Å²) < 4.78 is 5.05. The van der Waals surface area contributed by atoms with E-state index in [0.29, 0.717) is 11.3 Å². The van der Waals surface area contributed by atoms with Crippen LogP contribution >= 0.6 is 0 Å². The van der Waals surface area contributed by atoms with Crippen molar-refractivity contribution < 1.29 is 4.74 Å². The first-order chi connectivity index (χ1) is 7.28. The van der Waals surface area contributed by atoms with Crippen molar-refractivity contribution >= 4 is 5.69 Å². The quantitative estimate of drug-likeness (QED) is 0.762. The van der Waals surface area contributed by atoms with Crippen LogP contribution in [-0.2, 0) is 0 Å². The minimum atomic E-state index is 0.344. The van der Waals surface area contributed by atoms with E-state index in [-0.39, 0.29) is 0 Å². The molecule has 1 aromatic rings. The SMILES string of the molecule is COc1cc(NCC2(CN)CC2)ccn1. The molecule has 82 valence electrons. The molecule has 1 saturated carbocycles. The van der Waals surface area contributed by atoms with Gasteiger partial charge in [0, 0.05) is 24.5 Å². The Balaban J connectivity index is 1.93. The summed E-state index contributed by atoms with van der Waals surface area (Å²) in [7, 11) is 1.62. The third kappa shape index (κ3) is 2.39. The van der Waals surface area contributed by atoms with Crippen LogP contribution in [0.25, 0.3) is 0 Å². The third-order valence-electron chi connectivity index (χ3n) is 3.00. The van der Waals surface area contributed by atoms with Crippen LogP contribution in [0.1, 0.15) is 12.8 Å². The summed E-state index contributed by atoms with van der Waals surface area (Å²) in [6.07, 6.45) is 4.21. The van der Waals surface area contributed by atoms with Gasteiger partial charge in [-0.15, -0.1) is 0 Å². The maximum atomic E-state index is 5.71. The monoisotopic (exact) mass is 207 g/mol. The van der Waals surface area contributed by atoms with E-state index in [0.717, 1.165) is 18.8 Å². The van der Waals surface area contributed by atoms with Crippen LogP contribution in [-0.4, -0.2) is 25.2 Å². The highest BCUT2D eigenvalue weighted by Gasteiger charge is 2.40. The molecule has 0 aliphatic heterocycles. The molecule has 0 aromatic carbocycles. The van der Waals surface area contributed by atoms with Crippen molar-refractivity contribution in [3.63, 3.8) is 0 Å². The number of anilines is 1. The Labute approximate surface area is 89.8 Å². The molecule has 0 saturated heterocycles. The summed E-state index contributed by atoms with van der Waals surface area (Å²) >= 11 is 0. The molecule has 0 unspecified atom stereocenters. The highest BCUT2D eigenvalue weighted by Crippen LogP contribution is 2.44. The zero-order valence-corrected chi connectivity index (χ0v) is 8.99. The summed E-state index contributed by atoms with van der Waals surface area (Å²) in [5, 5.41) is 3.37. The van der Waals surface area contributed by atoms with Gasteiger partial charge < -0.3 is 15.8 Å². The number of ether oxygens (including phenoxy) is 1. The van der Waals surface area contributed by atoms with Gasteiger partial charge in [-0.25, -0.2) is 4.98 Å². The maximum Gasteiger partial charge on any atom is 0.214 e. The Morgan fingerprint density at radius 3 is 3.00 bits per heavy atom. The van der Waals surface area contributed by atoms with Crippen molar-refractivity contribution in [2.24, 2.45) is 11.1 Å². The van der Waals surface area contributed by atoms with E-state index in [1.165, 1.54) is 12.8 Å². The average molecular weight is 207 g/mol. The van der Waals surface area contributed by atoms with Gasteiger partial charge in [0.05, 0.1) is 7.11 Å². The smallest absolute Gasteiger partial charge is 0.214 e. The van der Waals surface area contributed by atoms with Gasteiger partial charge in [-0.3, -0.25) is 0 Å². The van der Waals surface area contributed by atoms with Crippen LogP contribution in [0.3, 0.4) is 0 Å². The second kappa shape index (κ2) is 4.06. The average Bonchev–Trinajstić information content (AvgIpc) is 3.07. The van der Waals surface area contributed by atoms with Gasteiger partial charge in [0.1, 0.15) is 0 Å². The van der Waals surface area contributed by atoms with Crippen molar-refractivity contribution in [2.75, 3.05) is 25.5 Å². The second-order valence-corrected chi connectivity index (χ2v) is 4.14. The highest BCUT2D eigenvalue weighted by atomic mass is 16.5. The number of methoxy groups -OCH3 is 1. The van der Waals surface area contributed by atoms with E-state index in [2.05, 4.69) is 10.3 Å². The first-order valence-electron chi connectivity index (χ1n) is 5.22. The second-order valence-electron chi connectivity index (χ2n) is 4.14. The predicted molar refractivity (Wildman–Crippen MR) is 60.0 cm³/mol. The van der Waals surface area contributed by atoms with Crippen molar-refractivity contribution in [1.82, 2.24) is 4.98 Å². The summed E-state index contributed by atoms with van der Waals surface area (Å²) in [5.74, 6) is 0.637. The molecule has 1 heterocycles. The third-order valence-corrected chi connectivity index (χ3v) is 3.00. The Hall–Kier alpha value is -1.29. The summed E-state index contributed by atoms with van der Waals surface area (Å²) in [5.41, 5.74) is 7.10. The molecular weight excluding hydrogens is 190 g/mol. The number of nitrogens with one attached hydrogen (secondary N) is 1. The summed E-state index contributed by atoms with van der Waals surface area (Å²) in [6.45, 7) is 1.71. The zero-order valence-electron chi connectivity index (χ0n) is 8.99. The molecule has 0 amide bonds. The lowest BCUT2D eigenvalue weighted by molar-refractivity contribution is 0.398. The van der Waals surface area contributed by atoms with E-state index in [1.807, 2.05) is 12.1 Å². The molecule has 1 aliphatic rings. The number of hydrogen-bond donors (Lipinski definition) is 2.